The van der Waals surface area contributed by atoms with Gasteiger partial charge in [-0.2, -0.15) is 0 Å². The predicted molar refractivity (Wildman–Crippen MR) is 83.8 cm³/mol. The molecule has 1 fully saturated rings. The Hall–Kier alpha value is -1.30. The molecule has 0 radical (unpaired) electrons. The van der Waals surface area contributed by atoms with Crippen molar-refractivity contribution in [1.29, 1.82) is 0 Å². The van der Waals surface area contributed by atoms with Crippen molar-refractivity contribution >= 4 is 11.9 Å². The summed E-state index contributed by atoms with van der Waals surface area (Å²) in [5, 5.41) is 2.79. The zero-order chi connectivity index (χ0) is 16.0. The molecule has 1 unspecified atom stereocenters. The van der Waals surface area contributed by atoms with Crippen LogP contribution in [0.2, 0.25) is 0 Å². The Balaban J connectivity index is 2.52. The summed E-state index contributed by atoms with van der Waals surface area (Å²) in [6.07, 6.45) is 0.791. The van der Waals surface area contributed by atoms with Gasteiger partial charge in [0.25, 0.3) is 0 Å². The summed E-state index contributed by atoms with van der Waals surface area (Å²) in [6, 6.07) is -0.0466. The second-order valence-corrected chi connectivity index (χ2v) is 6.85. The minimum atomic E-state index is -0.124. The van der Waals surface area contributed by atoms with Gasteiger partial charge in [0, 0.05) is 39.3 Å². The molecule has 3 N–H and O–H groups in total. The second kappa shape index (κ2) is 7.64. The van der Waals surface area contributed by atoms with Crippen molar-refractivity contribution in [2.45, 2.75) is 34.1 Å². The van der Waals surface area contributed by atoms with Crippen LogP contribution in [0.25, 0.3) is 0 Å². The lowest BCUT2D eigenvalue weighted by Gasteiger charge is -2.37. The van der Waals surface area contributed by atoms with Crippen molar-refractivity contribution in [3.05, 3.63) is 0 Å². The SMILES string of the molecule is CCNC(=O)N1CCN(C(=O)C(CN)CC(C)(C)C)CC1. The largest absolute Gasteiger partial charge is 0.339 e. The number of hydrogen-bond acceptors (Lipinski definition) is 3. The Kier molecular flexibility index (Phi) is 6.45. The average molecular weight is 298 g/mol. The van der Waals surface area contributed by atoms with Gasteiger partial charge in [-0.1, -0.05) is 20.8 Å². The van der Waals surface area contributed by atoms with Crippen LogP contribution in [-0.2, 0) is 4.79 Å². The van der Waals surface area contributed by atoms with Crippen LogP contribution < -0.4 is 11.1 Å². The van der Waals surface area contributed by atoms with E-state index in [2.05, 4.69) is 26.1 Å². The molecular weight excluding hydrogens is 268 g/mol. The van der Waals surface area contributed by atoms with Crippen molar-refractivity contribution in [3.63, 3.8) is 0 Å². The van der Waals surface area contributed by atoms with Gasteiger partial charge in [-0.15, -0.1) is 0 Å². The minimum Gasteiger partial charge on any atom is -0.339 e. The van der Waals surface area contributed by atoms with Gasteiger partial charge in [-0.25, -0.2) is 4.79 Å². The van der Waals surface area contributed by atoms with Crippen LogP contribution in [0.1, 0.15) is 34.1 Å². The van der Waals surface area contributed by atoms with E-state index in [1.54, 1.807) is 4.90 Å². The van der Waals surface area contributed by atoms with Crippen molar-refractivity contribution < 1.29 is 9.59 Å². The molecule has 3 amide bonds. The van der Waals surface area contributed by atoms with E-state index in [1.165, 1.54) is 0 Å². The summed E-state index contributed by atoms with van der Waals surface area (Å²) in [7, 11) is 0. The molecule has 1 heterocycles. The highest BCUT2D eigenvalue weighted by Crippen LogP contribution is 2.25. The number of nitrogens with two attached hydrogens (primary N) is 1. The fourth-order valence-electron chi connectivity index (χ4n) is 2.66. The average Bonchev–Trinajstić information content (AvgIpc) is 2.43. The fourth-order valence-corrected chi connectivity index (χ4v) is 2.66. The van der Waals surface area contributed by atoms with Gasteiger partial charge in [-0.05, 0) is 18.8 Å². The summed E-state index contributed by atoms with van der Waals surface area (Å²) in [5.41, 5.74) is 5.87. The van der Waals surface area contributed by atoms with E-state index in [1.807, 2.05) is 11.8 Å². The van der Waals surface area contributed by atoms with Crippen molar-refractivity contribution in [1.82, 2.24) is 15.1 Å². The summed E-state index contributed by atoms with van der Waals surface area (Å²) in [6.45, 7) is 11.6. The molecule has 0 aliphatic carbocycles. The second-order valence-electron chi connectivity index (χ2n) is 6.85. The van der Waals surface area contributed by atoms with E-state index in [9.17, 15) is 9.59 Å². The number of piperazine rings is 1. The minimum absolute atomic E-state index is 0.0466. The van der Waals surface area contributed by atoms with E-state index in [0.29, 0.717) is 39.3 Å². The van der Waals surface area contributed by atoms with Crippen molar-refractivity contribution in [2.75, 3.05) is 39.3 Å². The highest BCUT2D eigenvalue weighted by atomic mass is 16.2. The summed E-state index contributed by atoms with van der Waals surface area (Å²) >= 11 is 0. The van der Waals surface area contributed by atoms with Gasteiger partial charge >= 0.3 is 6.03 Å². The molecule has 1 aliphatic heterocycles. The summed E-state index contributed by atoms with van der Waals surface area (Å²) in [4.78, 5) is 27.9. The molecular formula is C15H30N4O2. The molecule has 1 rings (SSSR count). The maximum absolute atomic E-state index is 12.5. The lowest BCUT2D eigenvalue weighted by Crippen LogP contribution is -2.54. The molecule has 6 heteroatoms. The van der Waals surface area contributed by atoms with E-state index >= 15 is 0 Å². The van der Waals surface area contributed by atoms with Crippen LogP contribution in [0.15, 0.2) is 0 Å². The van der Waals surface area contributed by atoms with Crippen LogP contribution in [-0.4, -0.2) is 61.0 Å². The number of urea groups is 1. The van der Waals surface area contributed by atoms with Gasteiger partial charge in [0.05, 0.1) is 5.92 Å². The third kappa shape index (κ3) is 5.53. The third-order valence-electron chi connectivity index (χ3n) is 3.70. The molecule has 0 spiro atoms. The first-order valence-electron chi connectivity index (χ1n) is 7.80. The quantitative estimate of drug-likeness (QED) is 0.808. The number of hydrogen-bond donors (Lipinski definition) is 2. The van der Waals surface area contributed by atoms with E-state index < -0.39 is 0 Å². The normalized spacial score (nSPS) is 17.6. The monoisotopic (exact) mass is 298 g/mol. The number of carbonyl (C=O) groups excluding carboxylic acids is 2. The maximum Gasteiger partial charge on any atom is 0.317 e. The first kappa shape index (κ1) is 17.8. The molecule has 0 aromatic heterocycles. The highest BCUT2D eigenvalue weighted by molar-refractivity contribution is 5.80. The summed E-state index contributed by atoms with van der Waals surface area (Å²) in [5.74, 6) is 0.00370. The first-order chi connectivity index (χ1) is 9.78. The van der Waals surface area contributed by atoms with Crippen LogP contribution in [0.5, 0.6) is 0 Å². The van der Waals surface area contributed by atoms with Gasteiger partial charge in [0.2, 0.25) is 5.91 Å². The molecule has 0 aromatic carbocycles. The Morgan fingerprint density at radius 2 is 1.67 bits per heavy atom. The number of amides is 3. The smallest absolute Gasteiger partial charge is 0.317 e. The zero-order valence-electron chi connectivity index (χ0n) is 13.8. The molecule has 1 aliphatic rings. The molecule has 6 nitrogen and oxygen atoms in total. The van der Waals surface area contributed by atoms with E-state index in [4.69, 9.17) is 5.73 Å². The maximum atomic E-state index is 12.5. The summed E-state index contributed by atoms with van der Waals surface area (Å²) < 4.78 is 0. The Morgan fingerprint density at radius 1 is 1.14 bits per heavy atom. The van der Waals surface area contributed by atoms with Gasteiger partial charge in [-0.3, -0.25) is 4.79 Å². The van der Waals surface area contributed by atoms with Crippen LogP contribution in [0, 0.1) is 11.3 Å². The molecule has 0 saturated carbocycles. The van der Waals surface area contributed by atoms with Crippen molar-refractivity contribution in [3.8, 4) is 0 Å². The lowest BCUT2D eigenvalue weighted by molar-refractivity contribution is -0.137. The van der Waals surface area contributed by atoms with Crippen LogP contribution in [0.4, 0.5) is 4.79 Å². The molecule has 0 aromatic rings. The van der Waals surface area contributed by atoms with Gasteiger partial charge in [0.15, 0.2) is 0 Å². The van der Waals surface area contributed by atoms with E-state index in [0.717, 1.165) is 6.42 Å². The molecule has 1 saturated heterocycles. The topological polar surface area (TPSA) is 78.7 Å². The number of nitrogens with one attached hydrogen (secondary N) is 1. The van der Waals surface area contributed by atoms with E-state index in [-0.39, 0.29) is 23.3 Å². The zero-order valence-corrected chi connectivity index (χ0v) is 13.8. The Bertz CT molecular complexity index is 357. The molecule has 21 heavy (non-hydrogen) atoms. The Labute approximate surface area is 128 Å². The molecule has 0 bridgehead atoms. The number of rotatable bonds is 4. The van der Waals surface area contributed by atoms with Crippen LogP contribution in [0.3, 0.4) is 0 Å². The lowest BCUT2D eigenvalue weighted by atomic mass is 9.84. The van der Waals surface area contributed by atoms with Crippen LogP contribution >= 0.6 is 0 Å². The third-order valence-corrected chi connectivity index (χ3v) is 3.70. The number of nitrogens with zero attached hydrogens (tertiary/aromatic N) is 2. The molecule has 1 atom stereocenters. The highest BCUT2D eigenvalue weighted by Gasteiger charge is 2.30. The van der Waals surface area contributed by atoms with Gasteiger partial charge < -0.3 is 20.9 Å². The predicted octanol–water partition coefficient (Wildman–Crippen LogP) is 0.871. The molecule has 122 valence electrons. The first-order valence-corrected chi connectivity index (χ1v) is 7.80. The Morgan fingerprint density at radius 3 is 2.10 bits per heavy atom. The fraction of sp³-hybridized carbons (Fsp3) is 0.867. The standard InChI is InChI=1S/C15H30N4O2/c1-5-17-14(21)19-8-6-18(7-9-19)13(20)12(11-16)10-15(2,3)4/h12H,5-11,16H2,1-4H3,(H,17,21). The number of carbonyl (C=O) groups is 2. The van der Waals surface area contributed by atoms with Crippen molar-refractivity contribution in [2.24, 2.45) is 17.1 Å². The van der Waals surface area contributed by atoms with Gasteiger partial charge in [0.1, 0.15) is 0 Å².